The molecule has 0 saturated heterocycles. The fourth-order valence-corrected chi connectivity index (χ4v) is 3.99. The molecular formula is C25H20F2N8O2. The minimum absolute atomic E-state index is 0.0280. The summed E-state index contributed by atoms with van der Waals surface area (Å²) in [5.74, 6) is -0.978. The van der Waals surface area contributed by atoms with Gasteiger partial charge >= 0.3 is 6.09 Å². The molecule has 186 valence electrons. The number of fused-ring (bicyclic) bond motifs is 1. The maximum absolute atomic E-state index is 14.3. The van der Waals surface area contributed by atoms with Crippen molar-refractivity contribution in [2.75, 3.05) is 16.4 Å². The molecule has 10 nitrogen and oxygen atoms in total. The predicted molar refractivity (Wildman–Crippen MR) is 133 cm³/mol. The van der Waals surface area contributed by atoms with Crippen molar-refractivity contribution in [2.24, 2.45) is 0 Å². The molecule has 1 amide bonds. The summed E-state index contributed by atoms with van der Waals surface area (Å²) < 4.78 is 30.0. The van der Waals surface area contributed by atoms with Crippen LogP contribution in [0.2, 0.25) is 0 Å². The van der Waals surface area contributed by atoms with E-state index in [9.17, 15) is 18.7 Å². The van der Waals surface area contributed by atoms with Crippen LogP contribution in [0.4, 0.5) is 30.9 Å². The third-order valence-electron chi connectivity index (χ3n) is 5.72. The number of hydrogen-bond donors (Lipinski definition) is 3. The van der Waals surface area contributed by atoms with Crippen molar-refractivity contribution >= 4 is 28.9 Å². The van der Waals surface area contributed by atoms with Gasteiger partial charge in [0, 0.05) is 18.2 Å². The quantitative estimate of drug-likeness (QED) is 0.317. The number of carbonyl (C=O) groups is 1. The number of hydrogen-bond acceptors (Lipinski definition) is 7. The van der Waals surface area contributed by atoms with Crippen LogP contribution in [0.1, 0.15) is 17.0 Å². The Kier molecular flexibility index (Phi) is 6.05. The van der Waals surface area contributed by atoms with Crippen molar-refractivity contribution in [3.8, 4) is 11.5 Å². The Balaban J connectivity index is 1.57. The van der Waals surface area contributed by atoms with Crippen molar-refractivity contribution in [1.82, 2.24) is 24.6 Å². The zero-order chi connectivity index (χ0) is 26.1. The molecule has 12 heteroatoms. The topological polar surface area (TPSA) is 149 Å². The molecule has 37 heavy (non-hydrogen) atoms. The maximum Gasteiger partial charge on any atom is 0.412 e. The molecule has 2 aromatic carbocycles. The number of nitrogens with zero attached hydrogens (tertiary/aromatic N) is 6. The largest absolute Gasteiger partial charge is 0.465 e. The number of carboxylic acid groups (broad SMARTS) is 1. The van der Waals surface area contributed by atoms with Gasteiger partial charge in [0.05, 0.1) is 12.1 Å². The lowest BCUT2D eigenvalue weighted by molar-refractivity contribution is 0.201. The second-order valence-electron chi connectivity index (χ2n) is 8.09. The zero-order valence-corrected chi connectivity index (χ0v) is 19.2. The lowest BCUT2D eigenvalue weighted by Gasteiger charge is -2.22. The van der Waals surface area contributed by atoms with Gasteiger partial charge in [0.1, 0.15) is 28.8 Å². The molecule has 0 saturated carbocycles. The van der Waals surface area contributed by atoms with Crippen LogP contribution in [0.3, 0.4) is 0 Å². The van der Waals surface area contributed by atoms with E-state index < -0.39 is 11.9 Å². The number of amides is 1. The highest BCUT2D eigenvalue weighted by molar-refractivity contribution is 5.94. The Labute approximate surface area is 208 Å². The lowest BCUT2D eigenvalue weighted by Crippen LogP contribution is -2.31. The summed E-state index contributed by atoms with van der Waals surface area (Å²) in [4.78, 5) is 25.9. The highest BCUT2D eigenvalue weighted by Crippen LogP contribution is 2.33. The summed E-state index contributed by atoms with van der Waals surface area (Å²) in [6.07, 6.45) is 0.286. The first-order chi connectivity index (χ1) is 17.8. The van der Waals surface area contributed by atoms with E-state index in [1.807, 2.05) is 0 Å². The van der Waals surface area contributed by atoms with E-state index in [4.69, 9.17) is 11.5 Å². The van der Waals surface area contributed by atoms with Crippen molar-refractivity contribution in [3.05, 3.63) is 95.4 Å². The molecule has 0 aliphatic rings. The van der Waals surface area contributed by atoms with Crippen LogP contribution in [0, 0.1) is 11.6 Å². The average Bonchev–Trinajstić information content (AvgIpc) is 3.24. The monoisotopic (exact) mass is 502 g/mol. The Hall–Kier alpha value is -5.13. The van der Waals surface area contributed by atoms with Crippen molar-refractivity contribution in [2.45, 2.75) is 13.0 Å². The minimum atomic E-state index is -1.41. The van der Waals surface area contributed by atoms with Crippen molar-refractivity contribution in [3.63, 3.8) is 0 Å². The van der Waals surface area contributed by atoms with Crippen LogP contribution in [0.25, 0.3) is 17.0 Å². The van der Waals surface area contributed by atoms with Gasteiger partial charge in [0.15, 0.2) is 17.5 Å². The van der Waals surface area contributed by atoms with Crippen LogP contribution < -0.4 is 16.4 Å². The molecule has 3 aromatic heterocycles. The molecule has 0 aliphatic carbocycles. The van der Waals surface area contributed by atoms with Gasteiger partial charge in [-0.1, -0.05) is 36.4 Å². The highest BCUT2D eigenvalue weighted by atomic mass is 19.1. The third kappa shape index (κ3) is 4.47. The first-order valence-electron chi connectivity index (χ1n) is 11.1. The smallest absolute Gasteiger partial charge is 0.412 e. The van der Waals surface area contributed by atoms with E-state index in [0.29, 0.717) is 16.9 Å². The Morgan fingerprint density at radius 2 is 1.51 bits per heavy atom. The Morgan fingerprint density at radius 3 is 2.14 bits per heavy atom. The molecule has 0 aliphatic heterocycles. The molecule has 5 aromatic rings. The van der Waals surface area contributed by atoms with Crippen LogP contribution in [0.15, 0.2) is 66.9 Å². The maximum atomic E-state index is 14.3. The summed E-state index contributed by atoms with van der Waals surface area (Å²) in [6.45, 7) is -0.358. The number of imidazole rings is 1. The van der Waals surface area contributed by atoms with Gasteiger partial charge in [-0.05, 0) is 29.8 Å². The normalized spacial score (nSPS) is 11.1. The second-order valence-corrected chi connectivity index (χ2v) is 8.09. The molecule has 0 unspecified atom stereocenters. The number of aromatic nitrogens is 5. The van der Waals surface area contributed by atoms with Gasteiger partial charge in [0.2, 0.25) is 0 Å². The van der Waals surface area contributed by atoms with Crippen LogP contribution in [-0.4, -0.2) is 35.8 Å². The Bertz CT molecular complexity index is 1620. The molecular weight excluding hydrogens is 482 g/mol. The summed E-state index contributed by atoms with van der Waals surface area (Å²) in [6, 6.07) is 15.5. The van der Waals surface area contributed by atoms with E-state index in [2.05, 4.69) is 20.1 Å². The molecule has 3 heterocycles. The van der Waals surface area contributed by atoms with E-state index in [1.54, 1.807) is 42.6 Å². The highest BCUT2D eigenvalue weighted by Gasteiger charge is 2.26. The van der Waals surface area contributed by atoms with E-state index in [0.717, 1.165) is 4.90 Å². The second kappa shape index (κ2) is 9.49. The van der Waals surface area contributed by atoms with Crippen LogP contribution >= 0.6 is 0 Å². The third-order valence-corrected chi connectivity index (χ3v) is 5.72. The molecule has 0 spiro atoms. The SMILES string of the molecule is Nc1nc(-c2nc(Cc3ccccc3F)n3ncccc23)nc(N)c1N(Cc1ccccc1F)C(=O)O. The summed E-state index contributed by atoms with van der Waals surface area (Å²) >= 11 is 0. The van der Waals surface area contributed by atoms with Crippen LogP contribution in [0.5, 0.6) is 0 Å². The Morgan fingerprint density at radius 1 is 0.892 bits per heavy atom. The van der Waals surface area contributed by atoms with Gasteiger partial charge in [-0.3, -0.25) is 4.90 Å². The predicted octanol–water partition coefficient (Wildman–Crippen LogP) is 3.90. The fraction of sp³-hybridized carbons (Fsp3) is 0.0800. The van der Waals surface area contributed by atoms with Gasteiger partial charge in [0.25, 0.3) is 0 Å². The number of halogens is 2. The first kappa shape index (κ1) is 23.6. The number of benzene rings is 2. The molecule has 5 N–H and O–H groups in total. The number of nitrogen functional groups attached to an aromatic ring is 2. The molecule has 5 rings (SSSR count). The summed E-state index contributed by atoms with van der Waals surface area (Å²) in [5, 5.41) is 14.1. The number of nitrogens with two attached hydrogens (primary N) is 2. The van der Waals surface area contributed by atoms with Gasteiger partial charge in [-0.25, -0.2) is 33.0 Å². The van der Waals surface area contributed by atoms with Crippen LogP contribution in [-0.2, 0) is 13.0 Å². The molecule has 0 bridgehead atoms. The van der Waals surface area contributed by atoms with E-state index >= 15 is 0 Å². The zero-order valence-electron chi connectivity index (χ0n) is 19.2. The number of anilines is 3. The number of rotatable bonds is 6. The fourth-order valence-electron chi connectivity index (χ4n) is 3.99. The van der Waals surface area contributed by atoms with Gasteiger partial charge < -0.3 is 16.6 Å². The van der Waals surface area contributed by atoms with Crippen molar-refractivity contribution in [1.29, 1.82) is 0 Å². The molecule has 0 radical (unpaired) electrons. The summed E-state index contributed by atoms with van der Waals surface area (Å²) in [7, 11) is 0. The molecule has 0 atom stereocenters. The lowest BCUT2D eigenvalue weighted by atomic mass is 10.1. The van der Waals surface area contributed by atoms with Crippen molar-refractivity contribution < 1.29 is 18.7 Å². The molecule has 0 fully saturated rings. The standard InChI is InChI=1S/C25H20F2N8O2/c26-16-8-3-1-6-14(16)12-19-31-20(18-10-5-11-30-35(18)19)24-32-22(28)21(23(29)33-24)34(25(36)37)13-15-7-2-4-9-17(15)27/h1-11H,12-13H2,(H,36,37)(H4,28,29,32,33). The average molecular weight is 502 g/mol. The van der Waals surface area contributed by atoms with Gasteiger partial charge in [-0.15, -0.1) is 0 Å². The van der Waals surface area contributed by atoms with E-state index in [-0.39, 0.29) is 53.2 Å². The van der Waals surface area contributed by atoms with E-state index in [1.165, 1.54) is 28.8 Å². The van der Waals surface area contributed by atoms with Gasteiger partial charge in [-0.2, -0.15) is 5.10 Å². The summed E-state index contributed by atoms with van der Waals surface area (Å²) in [5.41, 5.74) is 13.5. The minimum Gasteiger partial charge on any atom is -0.465 e. The first-order valence-corrected chi connectivity index (χ1v) is 11.1.